The number of nitrogens with zero attached hydrogens (tertiary/aromatic N) is 1. The predicted molar refractivity (Wildman–Crippen MR) is 45.6 cm³/mol. The first-order chi connectivity index (χ1) is 6.68. The van der Waals surface area contributed by atoms with Crippen LogP contribution in [0, 0.1) is 17.5 Å². The predicted octanol–water partition coefficient (Wildman–Crippen LogP) is 2.89. The molecule has 0 unspecified atom stereocenters. The molecule has 0 spiro atoms. The minimum Gasteiger partial charge on any atom is -0.321 e. The van der Waals surface area contributed by atoms with E-state index in [1.807, 2.05) is 0 Å². The molecular formula is C10H6F3N. The molecule has 2 aromatic rings. The Hall–Kier alpha value is -1.71. The smallest absolute Gasteiger partial charge is 0.182 e. The molecule has 0 N–H and O–H groups in total. The Morgan fingerprint density at radius 1 is 0.929 bits per heavy atom. The van der Waals surface area contributed by atoms with E-state index in [1.54, 1.807) is 12.1 Å². The number of hydrogen-bond donors (Lipinski definition) is 0. The van der Waals surface area contributed by atoms with Crippen molar-refractivity contribution in [2.24, 2.45) is 0 Å². The zero-order valence-corrected chi connectivity index (χ0v) is 7.05. The Balaban J connectivity index is 2.64. The van der Waals surface area contributed by atoms with Crippen LogP contribution in [0.3, 0.4) is 0 Å². The average Bonchev–Trinajstić information content (AvgIpc) is 2.63. The fourth-order valence-electron chi connectivity index (χ4n) is 1.23. The second-order valence-corrected chi connectivity index (χ2v) is 2.81. The molecule has 0 aliphatic heterocycles. The molecule has 0 amide bonds. The third-order valence-electron chi connectivity index (χ3n) is 1.86. The normalized spacial score (nSPS) is 10.5. The van der Waals surface area contributed by atoms with Crippen LogP contribution >= 0.6 is 0 Å². The molecule has 72 valence electrons. The molecule has 0 saturated carbocycles. The summed E-state index contributed by atoms with van der Waals surface area (Å²) in [7, 11) is 0. The summed E-state index contributed by atoms with van der Waals surface area (Å²) in [5.41, 5.74) is -0.132. The number of halogens is 3. The summed E-state index contributed by atoms with van der Waals surface area (Å²) in [4.78, 5) is 0. The summed E-state index contributed by atoms with van der Waals surface area (Å²) in [6, 6.07) is 4.74. The fourth-order valence-corrected chi connectivity index (χ4v) is 1.23. The zero-order chi connectivity index (χ0) is 10.1. The van der Waals surface area contributed by atoms with E-state index in [2.05, 4.69) is 0 Å². The average molecular weight is 197 g/mol. The molecule has 0 radical (unpaired) electrons. The molecule has 0 saturated heterocycles. The maximum atomic E-state index is 13.2. The van der Waals surface area contributed by atoms with Gasteiger partial charge in [-0.25, -0.2) is 13.2 Å². The molecule has 14 heavy (non-hydrogen) atoms. The second kappa shape index (κ2) is 3.21. The highest BCUT2D eigenvalue weighted by Crippen LogP contribution is 2.18. The van der Waals surface area contributed by atoms with E-state index in [1.165, 1.54) is 17.0 Å². The monoisotopic (exact) mass is 197 g/mol. The molecule has 1 aromatic carbocycles. The quantitative estimate of drug-likeness (QED) is 0.619. The van der Waals surface area contributed by atoms with Gasteiger partial charge in [0, 0.05) is 24.5 Å². The Morgan fingerprint density at radius 3 is 2.21 bits per heavy atom. The molecule has 2 rings (SSSR count). The summed E-state index contributed by atoms with van der Waals surface area (Å²) in [5.74, 6) is -3.04. The van der Waals surface area contributed by atoms with E-state index in [0.717, 1.165) is 6.07 Å². The van der Waals surface area contributed by atoms with Crippen LogP contribution in [0.1, 0.15) is 0 Å². The highest BCUT2D eigenvalue weighted by Gasteiger charge is 2.11. The largest absolute Gasteiger partial charge is 0.321 e. The van der Waals surface area contributed by atoms with Gasteiger partial charge in [-0.15, -0.1) is 0 Å². The molecule has 4 heteroatoms. The van der Waals surface area contributed by atoms with Gasteiger partial charge < -0.3 is 4.57 Å². The molecule has 0 aliphatic carbocycles. The molecule has 0 bridgehead atoms. The van der Waals surface area contributed by atoms with Crippen molar-refractivity contribution < 1.29 is 13.2 Å². The fraction of sp³-hybridized carbons (Fsp3) is 0. The summed E-state index contributed by atoms with van der Waals surface area (Å²) in [6.45, 7) is 0. The van der Waals surface area contributed by atoms with Crippen LogP contribution in [0.5, 0.6) is 0 Å². The van der Waals surface area contributed by atoms with Crippen molar-refractivity contribution in [1.82, 2.24) is 4.57 Å². The Bertz CT molecular complexity index is 449. The van der Waals surface area contributed by atoms with E-state index < -0.39 is 17.5 Å². The highest BCUT2D eigenvalue weighted by atomic mass is 19.2. The van der Waals surface area contributed by atoms with Crippen LogP contribution < -0.4 is 0 Å². The first kappa shape index (κ1) is 8.87. The Morgan fingerprint density at radius 2 is 1.57 bits per heavy atom. The minimum absolute atomic E-state index is 0.132. The molecule has 1 nitrogen and oxygen atoms in total. The van der Waals surface area contributed by atoms with Crippen molar-refractivity contribution in [3.63, 3.8) is 0 Å². The van der Waals surface area contributed by atoms with E-state index in [4.69, 9.17) is 0 Å². The van der Waals surface area contributed by atoms with Gasteiger partial charge in [-0.2, -0.15) is 0 Å². The second-order valence-electron chi connectivity index (χ2n) is 2.81. The van der Waals surface area contributed by atoms with E-state index in [9.17, 15) is 13.2 Å². The molecule has 1 aromatic heterocycles. The van der Waals surface area contributed by atoms with Crippen LogP contribution in [-0.2, 0) is 0 Å². The van der Waals surface area contributed by atoms with Gasteiger partial charge in [0.15, 0.2) is 11.6 Å². The van der Waals surface area contributed by atoms with Gasteiger partial charge in [0.25, 0.3) is 0 Å². The van der Waals surface area contributed by atoms with Gasteiger partial charge in [-0.05, 0) is 12.1 Å². The van der Waals surface area contributed by atoms with Gasteiger partial charge >= 0.3 is 0 Å². The minimum atomic E-state index is -1.19. The van der Waals surface area contributed by atoms with E-state index in [-0.39, 0.29) is 5.69 Å². The molecule has 0 fully saturated rings. The van der Waals surface area contributed by atoms with Crippen LogP contribution in [0.15, 0.2) is 36.7 Å². The summed E-state index contributed by atoms with van der Waals surface area (Å²) < 4.78 is 40.1. The third-order valence-corrected chi connectivity index (χ3v) is 1.86. The first-order valence-electron chi connectivity index (χ1n) is 3.96. The Kier molecular flexibility index (Phi) is 2.04. The lowest BCUT2D eigenvalue weighted by Crippen LogP contribution is -1.98. The SMILES string of the molecule is Fc1cc(F)c(F)c(-n2cccc2)c1. The van der Waals surface area contributed by atoms with Crippen molar-refractivity contribution in [2.45, 2.75) is 0 Å². The van der Waals surface area contributed by atoms with Crippen LogP contribution in [0.4, 0.5) is 13.2 Å². The van der Waals surface area contributed by atoms with Crippen LogP contribution in [0.25, 0.3) is 5.69 Å². The number of benzene rings is 1. The third kappa shape index (κ3) is 1.39. The maximum absolute atomic E-state index is 13.2. The number of hydrogen-bond acceptors (Lipinski definition) is 0. The van der Waals surface area contributed by atoms with E-state index in [0.29, 0.717) is 6.07 Å². The molecular weight excluding hydrogens is 191 g/mol. The van der Waals surface area contributed by atoms with Crippen LogP contribution in [-0.4, -0.2) is 4.57 Å². The zero-order valence-electron chi connectivity index (χ0n) is 7.05. The highest BCUT2D eigenvalue weighted by molar-refractivity contribution is 5.35. The van der Waals surface area contributed by atoms with Crippen molar-refractivity contribution in [2.75, 3.05) is 0 Å². The van der Waals surface area contributed by atoms with Gasteiger partial charge in [0.05, 0.1) is 5.69 Å². The first-order valence-corrected chi connectivity index (χ1v) is 3.96. The Labute approximate surface area is 78.4 Å². The summed E-state index contributed by atoms with van der Waals surface area (Å²) >= 11 is 0. The molecule has 0 atom stereocenters. The lowest BCUT2D eigenvalue weighted by molar-refractivity contribution is 0.490. The summed E-state index contributed by atoms with van der Waals surface area (Å²) in [5, 5.41) is 0. The number of rotatable bonds is 1. The topological polar surface area (TPSA) is 4.93 Å². The van der Waals surface area contributed by atoms with Gasteiger partial charge in [-0.3, -0.25) is 0 Å². The van der Waals surface area contributed by atoms with Gasteiger partial charge in [0.2, 0.25) is 0 Å². The number of aromatic nitrogens is 1. The van der Waals surface area contributed by atoms with Crippen molar-refractivity contribution in [3.05, 3.63) is 54.1 Å². The van der Waals surface area contributed by atoms with Crippen molar-refractivity contribution >= 4 is 0 Å². The standard InChI is InChI=1S/C10H6F3N/c11-7-5-8(12)10(13)9(6-7)14-3-1-2-4-14/h1-6H. The molecule has 0 aliphatic rings. The van der Waals surface area contributed by atoms with Crippen molar-refractivity contribution in [1.29, 1.82) is 0 Å². The molecule has 1 heterocycles. The lowest BCUT2D eigenvalue weighted by atomic mass is 10.3. The maximum Gasteiger partial charge on any atom is 0.182 e. The van der Waals surface area contributed by atoms with Gasteiger partial charge in [0.1, 0.15) is 5.82 Å². The van der Waals surface area contributed by atoms with Crippen LogP contribution in [0.2, 0.25) is 0 Å². The lowest BCUT2D eigenvalue weighted by Gasteiger charge is -2.05. The summed E-state index contributed by atoms with van der Waals surface area (Å²) in [6.07, 6.45) is 3.02. The van der Waals surface area contributed by atoms with E-state index >= 15 is 0 Å². The van der Waals surface area contributed by atoms with Gasteiger partial charge in [-0.1, -0.05) is 0 Å². The van der Waals surface area contributed by atoms with Crippen molar-refractivity contribution in [3.8, 4) is 5.69 Å².